The number of hydrogen-bond acceptors (Lipinski definition) is 4. The number of nitrogens with one attached hydrogen (secondary N) is 1. The van der Waals surface area contributed by atoms with E-state index in [1.807, 2.05) is 6.07 Å². The van der Waals surface area contributed by atoms with E-state index in [1.165, 1.54) is 0 Å². The van der Waals surface area contributed by atoms with Crippen LogP contribution in [0, 0.1) is 5.92 Å². The molecule has 0 aliphatic carbocycles. The van der Waals surface area contributed by atoms with Crippen molar-refractivity contribution in [1.29, 1.82) is 0 Å². The molecule has 19 heavy (non-hydrogen) atoms. The topological polar surface area (TPSA) is 77.2 Å². The van der Waals surface area contributed by atoms with Crippen LogP contribution in [0.25, 0.3) is 0 Å². The Bertz CT molecular complexity index is 419. The zero-order chi connectivity index (χ0) is 13.7. The van der Waals surface area contributed by atoms with Crippen molar-refractivity contribution in [3.8, 4) is 0 Å². The highest BCUT2D eigenvalue weighted by Crippen LogP contribution is 2.22. The number of rotatable bonds is 5. The van der Waals surface area contributed by atoms with Gasteiger partial charge in [-0.15, -0.1) is 0 Å². The molecule has 2 atom stereocenters. The van der Waals surface area contributed by atoms with Crippen molar-refractivity contribution in [3.05, 3.63) is 29.6 Å². The zero-order valence-corrected chi connectivity index (χ0v) is 11.3. The summed E-state index contributed by atoms with van der Waals surface area (Å²) < 4.78 is 5.60. The van der Waals surface area contributed by atoms with Crippen LogP contribution in [0.3, 0.4) is 0 Å². The van der Waals surface area contributed by atoms with Crippen molar-refractivity contribution < 1.29 is 9.53 Å². The Morgan fingerprint density at radius 3 is 3.05 bits per heavy atom. The van der Waals surface area contributed by atoms with E-state index in [0.717, 1.165) is 25.0 Å². The molecule has 1 fully saturated rings. The fraction of sp³-hybridized carbons (Fsp3) is 0.571. The Kier molecular flexibility index (Phi) is 4.87. The highest BCUT2D eigenvalue weighted by molar-refractivity contribution is 5.92. The Balaban J connectivity index is 1.86. The molecule has 1 saturated heterocycles. The molecule has 5 heteroatoms. The number of aromatic nitrogens is 1. The molecule has 1 aromatic heterocycles. The number of pyridine rings is 1. The van der Waals surface area contributed by atoms with Gasteiger partial charge in [0.15, 0.2) is 0 Å². The lowest BCUT2D eigenvalue weighted by molar-refractivity contribution is 0.0825. The second-order valence-corrected chi connectivity index (χ2v) is 4.83. The third-order valence-electron chi connectivity index (χ3n) is 3.57. The van der Waals surface area contributed by atoms with Crippen molar-refractivity contribution in [3.63, 3.8) is 0 Å². The van der Waals surface area contributed by atoms with Gasteiger partial charge in [0, 0.05) is 31.8 Å². The first kappa shape index (κ1) is 14.0. The molecule has 0 bridgehead atoms. The summed E-state index contributed by atoms with van der Waals surface area (Å²) in [7, 11) is 0. The minimum absolute atomic E-state index is 0.134. The van der Waals surface area contributed by atoms with Crippen molar-refractivity contribution in [1.82, 2.24) is 10.3 Å². The molecule has 1 aliphatic heterocycles. The lowest BCUT2D eigenvalue weighted by Crippen LogP contribution is -2.33. The van der Waals surface area contributed by atoms with Gasteiger partial charge in [-0.1, -0.05) is 13.0 Å². The maximum Gasteiger partial charge on any atom is 0.269 e. The first-order chi connectivity index (χ1) is 9.24. The number of nitrogens with zero attached hydrogens (tertiary/aromatic N) is 1. The quantitative estimate of drug-likeness (QED) is 0.833. The molecule has 2 rings (SSSR count). The standard InChI is InChI=1S/C14H21N3O2/c1-2-13-11(5-6-19-13)9-17-14(18)12-4-3-10(7-15)8-16-12/h3-4,8,11,13H,2,5-7,9,15H2,1H3,(H,17,18). The summed E-state index contributed by atoms with van der Waals surface area (Å²) in [6.45, 7) is 3.99. The first-order valence-electron chi connectivity index (χ1n) is 6.79. The van der Waals surface area contributed by atoms with Crippen molar-refractivity contribution in [2.75, 3.05) is 13.2 Å². The number of carbonyl (C=O) groups is 1. The van der Waals surface area contributed by atoms with E-state index >= 15 is 0 Å². The summed E-state index contributed by atoms with van der Waals surface area (Å²) in [6, 6.07) is 3.54. The number of hydrogen-bond donors (Lipinski definition) is 2. The summed E-state index contributed by atoms with van der Waals surface area (Å²) in [5.41, 5.74) is 6.85. The van der Waals surface area contributed by atoms with Gasteiger partial charge in [-0.3, -0.25) is 9.78 Å². The van der Waals surface area contributed by atoms with Gasteiger partial charge in [0.2, 0.25) is 0 Å². The minimum Gasteiger partial charge on any atom is -0.378 e. The number of amides is 1. The summed E-state index contributed by atoms with van der Waals surface area (Å²) in [5.74, 6) is 0.280. The molecule has 5 nitrogen and oxygen atoms in total. The Morgan fingerprint density at radius 2 is 2.42 bits per heavy atom. The van der Waals surface area contributed by atoms with E-state index in [0.29, 0.717) is 24.7 Å². The van der Waals surface area contributed by atoms with Crippen LogP contribution < -0.4 is 11.1 Å². The van der Waals surface area contributed by atoms with Crippen LogP contribution in [-0.4, -0.2) is 30.1 Å². The molecule has 3 N–H and O–H groups in total. The van der Waals surface area contributed by atoms with Gasteiger partial charge in [0.1, 0.15) is 5.69 Å². The van der Waals surface area contributed by atoms with Crippen molar-refractivity contribution in [2.45, 2.75) is 32.4 Å². The van der Waals surface area contributed by atoms with Crippen LogP contribution in [0.2, 0.25) is 0 Å². The van der Waals surface area contributed by atoms with E-state index in [-0.39, 0.29) is 12.0 Å². The van der Waals surface area contributed by atoms with Gasteiger partial charge < -0.3 is 15.8 Å². The van der Waals surface area contributed by atoms with Crippen LogP contribution >= 0.6 is 0 Å². The summed E-state index contributed by atoms with van der Waals surface area (Å²) >= 11 is 0. The molecular weight excluding hydrogens is 242 g/mol. The molecule has 1 aliphatic rings. The fourth-order valence-electron chi connectivity index (χ4n) is 2.37. The molecular formula is C14H21N3O2. The van der Waals surface area contributed by atoms with Crippen LogP contribution in [0.15, 0.2) is 18.3 Å². The first-order valence-corrected chi connectivity index (χ1v) is 6.79. The van der Waals surface area contributed by atoms with Gasteiger partial charge in [-0.2, -0.15) is 0 Å². The lowest BCUT2D eigenvalue weighted by atomic mass is 10.00. The van der Waals surface area contributed by atoms with Crippen molar-refractivity contribution >= 4 is 5.91 Å². The maximum atomic E-state index is 12.0. The molecule has 1 amide bonds. The third kappa shape index (κ3) is 3.52. The number of nitrogens with two attached hydrogens (primary N) is 1. The maximum absolute atomic E-state index is 12.0. The monoisotopic (exact) mass is 263 g/mol. The predicted molar refractivity (Wildman–Crippen MR) is 72.6 cm³/mol. The molecule has 104 valence electrons. The molecule has 0 spiro atoms. The largest absolute Gasteiger partial charge is 0.378 e. The van der Waals surface area contributed by atoms with E-state index in [2.05, 4.69) is 17.2 Å². The predicted octanol–water partition coefficient (Wildman–Crippen LogP) is 1.09. The second kappa shape index (κ2) is 6.63. The van der Waals surface area contributed by atoms with E-state index in [4.69, 9.17) is 10.5 Å². The normalized spacial score (nSPS) is 22.4. The highest BCUT2D eigenvalue weighted by atomic mass is 16.5. The van der Waals surface area contributed by atoms with Crippen LogP contribution in [0.1, 0.15) is 35.8 Å². The Hall–Kier alpha value is -1.46. The van der Waals surface area contributed by atoms with Crippen molar-refractivity contribution in [2.24, 2.45) is 11.7 Å². The molecule has 2 heterocycles. The van der Waals surface area contributed by atoms with E-state index in [9.17, 15) is 4.79 Å². The minimum atomic E-state index is -0.134. The third-order valence-corrected chi connectivity index (χ3v) is 3.57. The number of carbonyl (C=O) groups excluding carboxylic acids is 1. The summed E-state index contributed by atoms with van der Waals surface area (Å²) in [6.07, 6.45) is 3.91. The molecule has 1 aromatic rings. The van der Waals surface area contributed by atoms with E-state index in [1.54, 1.807) is 12.3 Å². The molecule has 0 saturated carbocycles. The Morgan fingerprint density at radius 1 is 1.58 bits per heavy atom. The SMILES string of the molecule is CCC1OCCC1CNC(=O)c1ccc(CN)cn1. The van der Waals surface area contributed by atoms with Gasteiger partial charge >= 0.3 is 0 Å². The average molecular weight is 263 g/mol. The fourth-order valence-corrected chi connectivity index (χ4v) is 2.37. The van der Waals surface area contributed by atoms with Gasteiger partial charge in [0.05, 0.1) is 6.10 Å². The van der Waals surface area contributed by atoms with Crippen LogP contribution in [0.4, 0.5) is 0 Å². The second-order valence-electron chi connectivity index (χ2n) is 4.83. The van der Waals surface area contributed by atoms with Gasteiger partial charge in [-0.05, 0) is 24.5 Å². The average Bonchev–Trinajstić information content (AvgIpc) is 2.92. The summed E-state index contributed by atoms with van der Waals surface area (Å²) in [5, 5.41) is 2.93. The van der Waals surface area contributed by atoms with E-state index < -0.39 is 0 Å². The number of ether oxygens (including phenoxy) is 1. The zero-order valence-electron chi connectivity index (χ0n) is 11.3. The van der Waals surface area contributed by atoms with Gasteiger partial charge in [-0.25, -0.2) is 0 Å². The highest BCUT2D eigenvalue weighted by Gasteiger charge is 2.26. The molecule has 2 unspecified atom stereocenters. The van der Waals surface area contributed by atoms with Crippen LogP contribution in [0.5, 0.6) is 0 Å². The Labute approximate surface area is 113 Å². The summed E-state index contributed by atoms with van der Waals surface area (Å²) in [4.78, 5) is 16.1. The molecule has 0 radical (unpaired) electrons. The smallest absolute Gasteiger partial charge is 0.269 e. The van der Waals surface area contributed by atoms with Gasteiger partial charge in [0.25, 0.3) is 5.91 Å². The lowest BCUT2D eigenvalue weighted by Gasteiger charge is -2.17. The molecule has 0 aromatic carbocycles. The van der Waals surface area contributed by atoms with Crippen LogP contribution in [-0.2, 0) is 11.3 Å².